The molecule has 0 fully saturated rings. The Hall–Kier alpha value is -1.15. The third-order valence-corrected chi connectivity index (χ3v) is 4.58. The standard InChI is InChI=1S/C13H13IN2O2S/c1-2-10-4-5-11(19-10)8-15-12-6-3-9(14)7-13(12)16(17)18/h3-7,15H,2,8H2,1H3. The van der Waals surface area contributed by atoms with Gasteiger partial charge in [0.2, 0.25) is 0 Å². The second-order valence-electron chi connectivity index (χ2n) is 3.99. The van der Waals surface area contributed by atoms with Gasteiger partial charge < -0.3 is 5.32 Å². The Kier molecular flexibility index (Phi) is 4.76. The summed E-state index contributed by atoms with van der Waals surface area (Å²) in [5.74, 6) is 0. The Bertz CT molecular complexity index is 598. The molecule has 0 bridgehead atoms. The summed E-state index contributed by atoms with van der Waals surface area (Å²) < 4.78 is 0.860. The first-order valence-corrected chi connectivity index (χ1v) is 7.75. The molecule has 2 rings (SSSR count). The zero-order valence-electron chi connectivity index (χ0n) is 10.4. The van der Waals surface area contributed by atoms with Crippen LogP contribution in [0, 0.1) is 13.7 Å². The number of nitro benzene ring substituents is 1. The molecule has 0 aliphatic heterocycles. The summed E-state index contributed by atoms with van der Waals surface area (Å²) >= 11 is 3.81. The fourth-order valence-electron chi connectivity index (χ4n) is 1.70. The van der Waals surface area contributed by atoms with Crippen molar-refractivity contribution in [3.63, 3.8) is 0 Å². The third kappa shape index (κ3) is 3.66. The third-order valence-electron chi connectivity index (χ3n) is 2.68. The van der Waals surface area contributed by atoms with Crippen molar-refractivity contribution in [1.29, 1.82) is 0 Å². The van der Waals surface area contributed by atoms with Crippen molar-refractivity contribution in [1.82, 2.24) is 0 Å². The second-order valence-corrected chi connectivity index (χ2v) is 6.49. The van der Waals surface area contributed by atoms with E-state index in [1.165, 1.54) is 9.75 Å². The normalized spacial score (nSPS) is 10.4. The molecule has 100 valence electrons. The van der Waals surface area contributed by atoms with Crippen molar-refractivity contribution >= 4 is 45.3 Å². The van der Waals surface area contributed by atoms with Crippen LogP contribution in [-0.4, -0.2) is 4.92 Å². The van der Waals surface area contributed by atoms with Crippen LogP contribution in [0.25, 0.3) is 0 Å². The fourth-order valence-corrected chi connectivity index (χ4v) is 3.07. The van der Waals surface area contributed by atoms with E-state index in [-0.39, 0.29) is 10.6 Å². The summed E-state index contributed by atoms with van der Waals surface area (Å²) in [7, 11) is 0. The van der Waals surface area contributed by atoms with Crippen molar-refractivity contribution in [2.45, 2.75) is 19.9 Å². The lowest BCUT2D eigenvalue weighted by molar-refractivity contribution is -0.384. The van der Waals surface area contributed by atoms with Gasteiger partial charge in [-0.25, -0.2) is 0 Å². The van der Waals surface area contributed by atoms with E-state index in [4.69, 9.17) is 0 Å². The van der Waals surface area contributed by atoms with Crippen LogP contribution in [0.2, 0.25) is 0 Å². The molecule has 0 unspecified atom stereocenters. The van der Waals surface area contributed by atoms with Crippen LogP contribution < -0.4 is 5.32 Å². The summed E-state index contributed by atoms with van der Waals surface area (Å²) in [6.45, 7) is 2.74. The highest BCUT2D eigenvalue weighted by molar-refractivity contribution is 14.1. The Balaban J connectivity index is 2.12. The van der Waals surface area contributed by atoms with E-state index in [0.29, 0.717) is 12.2 Å². The number of benzene rings is 1. The topological polar surface area (TPSA) is 55.2 Å². The Labute approximate surface area is 129 Å². The van der Waals surface area contributed by atoms with Crippen LogP contribution in [0.3, 0.4) is 0 Å². The molecule has 0 aliphatic rings. The van der Waals surface area contributed by atoms with Gasteiger partial charge in [-0.2, -0.15) is 0 Å². The van der Waals surface area contributed by atoms with Gasteiger partial charge in [0.05, 0.1) is 4.92 Å². The van der Waals surface area contributed by atoms with E-state index < -0.39 is 0 Å². The highest BCUT2D eigenvalue weighted by Gasteiger charge is 2.13. The predicted molar refractivity (Wildman–Crippen MR) is 86.8 cm³/mol. The highest BCUT2D eigenvalue weighted by atomic mass is 127. The van der Waals surface area contributed by atoms with Gasteiger partial charge in [-0.3, -0.25) is 10.1 Å². The van der Waals surface area contributed by atoms with Crippen molar-refractivity contribution in [2.75, 3.05) is 5.32 Å². The van der Waals surface area contributed by atoms with E-state index >= 15 is 0 Å². The zero-order valence-corrected chi connectivity index (χ0v) is 13.3. The number of nitro groups is 1. The van der Waals surface area contributed by atoms with Crippen molar-refractivity contribution in [2.24, 2.45) is 0 Å². The number of hydrogen-bond acceptors (Lipinski definition) is 4. The summed E-state index contributed by atoms with van der Waals surface area (Å²) in [6, 6.07) is 9.36. The molecule has 0 aliphatic carbocycles. The Morgan fingerprint density at radius 1 is 1.32 bits per heavy atom. The quantitative estimate of drug-likeness (QED) is 0.468. The first-order valence-electron chi connectivity index (χ1n) is 5.85. The molecule has 0 saturated heterocycles. The molecular formula is C13H13IN2O2S. The molecule has 19 heavy (non-hydrogen) atoms. The van der Waals surface area contributed by atoms with Crippen LogP contribution >= 0.6 is 33.9 Å². The van der Waals surface area contributed by atoms with Gasteiger partial charge >= 0.3 is 0 Å². The van der Waals surface area contributed by atoms with Crippen LogP contribution in [0.5, 0.6) is 0 Å². The molecule has 6 heteroatoms. The molecule has 1 aromatic heterocycles. The van der Waals surface area contributed by atoms with E-state index in [0.717, 1.165) is 9.99 Å². The van der Waals surface area contributed by atoms with Crippen molar-refractivity contribution in [3.05, 3.63) is 53.8 Å². The van der Waals surface area contributed by atoms with Crippen LogP contribution in [0.15, 0.2) is 30.3 Å². The number of rotatable bonds is 5. The largest absolute Gasteiger partial charge is 0.375 e. The maximum Gasteiger partial charge on any atom is 0.293 e. The summed E-state index contributed by atoms with van der Waals surface area (Å²) in [4.78, 5) is 13.2. The maximum absolute atomic E-state index is 11.0. The Morgan fingerprint density at radius 2 is 2.05 bits per heavy atom. The number of nitrogens with zero attached hydrogens (tertiary/aromatic N) is 1. The van der Waals surface area contributed by atoms with E-state index in [1.54, 1.807) is 23.5 Å². The van der Waals surface area contributed by atoms with Gasteiger partial charge in [-0.15, -0.1) is 11.3 Å². The maximum atomic E-state index is 11.0. The Morgan fingerprint density at radius 3 is 2.68 bits per heavy atom. The van der Waals surface area contributed by atoms with E-state index in [2.05, 4.69) is 47.0 Å². The summed E-state index contributed by atoms with van der Waals surface area (Å²) in [6.07, 6.45) is 1.02. The fraction of sp³-hybridized carbons (Fsp3) is 0.231. The monoisotopic (exact) mass is 388 g/mol. The minimum absolute atomic E-state index is 0.124. The number of aryl methyl sites for hydroxylation is 1. The molecular weight excluding hydrogens is 375 g/mol. The smallest absolute Gasteiger partial charge is 0.293 e. The van der Waals surface area contributed by atoms with Crippen LogP contribution in [-0.2, 0) is 13.0 Å². The highest BCUT2D eigenvalue weighted by Crippen LogP contribution is 2.27. The molecule has 1 N–H and O–H groups in total. The molecule has 0 amide bonds. The number of halogens is 1. The molecule has 0 radical (unpaired) electrons. The first-order chi connectivity index (χ1) is 9.10. The lowest BCUT2D eigenvalue weighted by Crippen LogP contribution is -2.01. The van der Waals surface area contributed by atoms with Gasteiger partial charge in [0.25, 0.3) is 5.69 Å². The summed E-state index contributed by atoms with van der Waals surface area (Å²) in [5, 5.41) is 14.1. The van der Waals surface area contributed by atoms with Crippen LogP contribution in [0.1, 0.15) is 16.7 Å². The average molecular weight is 388 g/mol. The van der Waals surface area contributed by atoms with Gasteiger partial charge in [0, 0.05) is 25.9 Å². The second kappa shape index (κ2) is 6.33. The van der Waals surface area contributed by atoms with Crippen molar-refractivity contribution < 1.29 is 4.92 Å². The minimum Gasteiger partial charge on any atom is -0.375 e. The zero-order chi connectivity index (χ0) is 13.8. The summed E-state index contributed by atoms with van der Waals surface area (Å²) in [5.41, 5.74) is 0.691. The number of anilines is 1. The lowest BCUT2D eigenvalue weighted by atomic mass is 10.2. The molecule has 0 saturated carbocycles. The van der Waals surface area contributed by atoms with Crippen LogP contribution in [0.4, 0.5) is 11.4 Å². The predicted octanol–water partition coefficient (Wildman–Crippen LogP) is 4.44. The van der Waals surface area contributed by atoms with Crippen molar-refractivity contribution in [3.8, 4) is 0 Å². The van der Waals surface area contributed by atoms with Gasteiger partial charge in [-0.05, 0) is 53.3 Å². The van der Waals surface area contributed by atoms with Gasteiger partial charge in [0.1, 0.15) is 5.69 Å². The molecule has 0 spiro atoms. The molecule has 2 aromatic rings. The SMILES string of the molecule is CCc1ccc(CNc2ccc(I)cc2[N+](=O)[O-])s1. The van der Waals surface area contributed by atoms with Gasteiger partial charge in [0.15, 0.2) is 0 Å². The number of nitrogens with one attached hydrogen (secondary N) is 1. The number of thiophene rings is 1. The number of hydrogen-bond donors (Lipinski definition) is 1. The minimum atomic E-state index is -0.351. The molecule has 1 aromatic carbocycles. The molecule has 0 atom stereocenters. The van der Waals surface area contributed by atoms with Gasteiger partial charge in [-0.1, -0.05) is 6.92 Å². The van der Waals surface area contributed by atoms with E-state index in [1.807, 2.05) is 6.07 Å². The lowest BCUT2D eigenvalue weighted by Gasteiger charge is -2.06. The molecule has 1 heterocycles. The van der Waals surface area contributed by atoms with E-state index in [9.17, 15) is 10.1 Å². The first kappa shape index (κ1) is 14.3. The molecule has 4 nitrogen and oxygen atoms in total. The average Bonchev–Trinajstić information content (AvgIpc) is 2.85.